The molecule has 2 aromatic carbocycles. The van der Waals surface area contributed by atoms with Gasteiger partial charge in [0.15, 0.2) is 11.5 Å². The van der Waals surface area contributed by atoms with Crippen molar-refractivity contribution in [3.63, 3.8) is 0 Å². The van der Waals surface area contributed by atoms with Gasteiger partial charge in [-0.15, -0.1) is 0 Å². The van der Waals surface area contributed by atoms with Gasteiger partial charge in [-0.25, -0.2) is 4.79 Å². The molecule has 0 spiro atoms. The Labute approximate surface area is 158 Å². The summed E-state index contributed by atoms with van der Waals surface area (Å²) in [6, 6.07) is 7.03. The number of carboxylic acids is 1. The first-order chi connectivity index (χ1) is 13.0. The van der Waals surface area contributed by atoms with E-state index in [-0.39, 0.29) is 5.56 Å². The van der Waals surface area contributed by atoms with Crippen LogP contribution in [0.2, 0.25) is 0 Å². The van der Waals surface area contributed by atoms with E-state index in [9.17, 15) is 9.90 Å². The minimum absolute atomic E-state index is 0.149. The Kier molecular flexibility index (Phi) is 6.71. The third kappa shape index (κ3) is 4.34. The van der Waals surface area contributed by atoms with Crippen LogP contribution in [-0.2, 0) is 6.42 Å². The molecule has 0 aliphatic carbocycles. The molecule has 0 saturated carbocycles. The molecule has 2 aromatic rings. The number of hydrogen-bond donors (Lipinski definition) is 1. The second-order valence-corrected chi connectivity index (χ2v) is 5.70. The van der Waals surface area contributed by atoms with Gasteiger partial charge in [0, 0.05) is 11.6 Å². The van der Waals surface area contributed by atoms with Crippen LogP contribution in [0, 0.1) is 0 Å². The molecule has 6 nitrogen and oxygen atoms in total. The van der Waals surface area contributed by atoms with E-state index in [0.717, 1.165) is 11.1 Å². The molecule has 0 saturated heterocycles. The zero-order valence-electron chi connectivity index (χ0n) is 16.2. The highest BCUT2D eigenvalue weighted by Crippen LogP contribution is 2.39. The Hall–Kier alpha value is -3.15. The highest BCUT2D eigenvalue weighted by atomic mass is 16.5. The van der Waals surface area contributed by atoms with E-state index in [2.05, 4.69) is 0 Å². The molecule has 0 aromatic heterocycles. The van der Waals surface area contributed by atoms with Crippen LogP contribution >= 0.6 is 0 Å². The van der Waals surface area contributed by atoms with Crippen LogP contribution < -0.4 is 18.9 Å². The maximum absolute atomic E-state index is 11.8. The van der Waals surface area contributed by atoms with Crippen LogP contribution in [0.3, 0.4) is 0 Å². The van der Waals surface area contributed by atoms with Gasteiger partial charge in [0.05, 0.1) is 34.0 Å². The second-order valence-electron chi connectivity index (χ2n) is 5.70. The molecule has 0 radical (unpaired) electrons. The van der Waals surface area contributed by atoms with Gasteiger partial charge in [-0.3, -0.25) is 0 Å². The predicted molar refractivity (Wildman–Crippen MR) is 104 cm³/mol. The third-order valence-electron chi connectivity index (χ3n) is 4.19. The molecule has 0 bridgehead atoms. The lowest BCUT2D eigenvalue weighted by atomic mass is 9.98. The first kappa shape index (κ1) is 20.2. The summed E-state index contributed by atoms with van der Waals surface area (Å²) in [5.41, 5.74) is 2.14. The van der Waals surface area contributed by atoms with E-state index in [0.29, 0.717) is 35.0 Å². The Balaban J connectivity index is 2.63. The van der Waals surface area contributed by atoms with Crippen molar-refractivity contribution in [2.24, 2.45) is 0 Å². The van der Waals surface area contributed by atoms with E-state index in [1.807, 2.05) is 19.1 Å². The van der Waals surface area contributed by atoms with Crippen LogP contribution in [0.4, 0.5) is 0 Å². The number of hydrogen-bond acceptors (Lipinski definition) is 5. The van der Waals surface area contributed by atoms with Gasteiger partial charge in [-0.2, -0.15) is 0 Å². The minimum atomic E-state index is -1.03. The van der Waals surface area contributed by atoms with Crippen molar-refractivity contribution in [1.29, 1.82) is 0 Å². The quantitative estimate of drug-likeness (QED) is 0.702. The average Bonchev–Trinajstić information content (AvgIpc) is 2.70. The highest BCUT2D eigenvalue weighted by molar-refractivity contribution is 5.96. The summed E-state index contributed by atoms with van der Waals surface area (Å²) in [6.07, 6.45) is 4.09. The van der Waals surface area contributed by atoms with Crippen molar-refractivity contribution in [3.8, 4) is 23.0 Å². The molecule has 27 heavy (non-hydrogen) atoms. The zero-order chi connectivity index (χ0) is 20.0. The molecule has 0 atom stereocenters. The topological polar surface area (TPSA) is 74.2 Å². The Morgan fingerprint density at radius 2 is 1.48 bits per heavy atom. The average molecular weight is 372 g/mol. The number of carboxylic acid groups (broad SMARTS) is 1. The maximum atomic E-state index is 11.8. The van der Waals surface area contributed by atoms with Crippen LogP contribution in [0.5, 0.6) is 23.0 Å². The zero-order valence-corrected chi connectivity index (χ0v) is 16.2. The standard InChI is InChI=1S/C21H24O6/c1-6-14-11-18(21(22)23)17(20(27-5)19(14)26-4)8-7-13-9-15(24-2)12-16(10-13)25-3/h7-12H,6H2,1-5H3,(H,22,23). The molecule has 2 rings (SSSR count). The monoisotopic (exact) mass is 372 g/mol. The van der Waals surface area contributed by atoms with Gasteiger partial charge in [-0.05, 0) is 41.8 Å². The first-order valence-electron chi connectivity index (χ1n) is 8.41. The van der Waals surface area contributed by atoms with E-state index in [4.69, 9.17) is 18.9 Å². The minimum Gasteiger partial charge on any atom is -0.497 e. The molecule has 0 fully saturated rings. The van der Waals surface area contributed by atoms with E-state index in [1.165, 1.54) is 14.2 Å². The largest absolute Gasteiger partial charge is 0.497 e. The Morgan fingerprint density at radius 3 is 1.93 bits per heavy atom. The van der Waals surface area contributed by atoms with Crippen LogP contribution in [0.25, 0.3) is 12.2 Å². The number of ether oxygens (including phenoxy) is 4. The van der Waals surface area contributed by atoms with Crippen molar-refractivity contribution < 1.29 is 28.8 Å². The molecule has 1 N–H and O–H groups in total. The van der Waals surface area contributed by atoms with Gasteiger partial charge in [0.25, 0.3) is 0 Å². The van der Waals surface area contributed by atoms with Crippen LogP contribution in [0.1, 0.15) is 34.0 Å². The van der Waals surface area contributed by atoms with Gasteiger partial charge in [0.1, 0.15) is 11.5 Å². The fourth-order valence-electron chi connectivity index (χ4n) is 2.84. The van der Waals surface area contributed by atoms with Crippen molar-refractivity contribution >= 4 is 18.1 Å². The van der Waals surface area contributed by atoms with Crippen LogP contribution in [0.15, 0.2) is 24.3 Å². The number of carbonyl (C=O) groups is 1. The molecule has 0 aliphatic heterocycles. The smallest absolute Gasteiger partial charge is 0.336 e. The summed E-state index contributed by atoms with van der Waals surface area (Å²) in [4.78, 5) is 11.8. The molecule has 0 unspecified atom stereocenters. The number of aromatic carboxylic acids is 1. The number of methoxy groups -OCH3 is 4. The fourth-order valence-corrected chi connectivity index (χ4v) is 2.84. The lowest BCUT2D eigenvalue weighted by Gasteiger charge is -2.16. The van der Waals surface area contributed by atoms with Gasteiger partial charge in [-0.1, -0.05) is 13.0 Å². The number of benzene rings is 2. The maximum Gasteiger partial charge on any atom is 0.336 e. The van der Waals surface area contributed by atoms with Crippen molar-refractivity contribution in [1.82, 2.24) is 0 Å². The SMILES string of the molecule is CCc1cc(C(=O)O)c(C=Cc2cc(OC)cc(OC)c2)c(OC)c1OC. The van der Waals surface area contributed by atoms with E-state index in [1.54, 1.807) is 38.5 Å². The normalized spacial score (nSPS) is 10.7. The summed E-state index contributed by atoms with van der Waals surface area (Å²) in [6.45, 7) is 1.93. The predicted octanol–water partition coefficient (Wildman–Crippen LogP) is 4.15. The third-order valence-corrected chi connectivity index (χ3v) is 4.19. The Bertz CT molecular complexity index is 832. The van der Waals surface area contributed by atoms with Crippen molar-refractivity contribution in [3.05, 3.63) is 46.5 Å². The summed E-state index contributed by atoms with van der Waals surface area (Å²) in [5, 5.41) is 9.66. The molecule has 0 heterocycles. The molecule has 0 aliphatic rings. The van der Waals surface area contributed by atoms with E-state index >= 15 is 0 Å². The number of rotatable bonds is 8. The summed E-state index contributed by atoms with van der Waals surface area (Å²) in [5.74, 6) is 1.17. The summed E-state index contributed by atoms with van der Waals surface area (Å²) in [7, 11) is 6.18. The van der Waals surface area contributed by atoms with Crippen molar-refractivity contribution in [2.45, 2.75) is 13.3 Å². The Morgan fingerprint density at radius 1 is 0.889 bits per heavy atom. The fraction of sp³-hybridized carbons (Fsp3) is 0.286. The number of aryl methyl sites for hydroxylation is 1. The molecule has 6 heteroatoms. The lowest BCUT2D eigenvalue weighted by molar-refractivity contribution is 0.0696. The lowest BCUT2D eigenvalue weighted by Crippen LogP contribution is -2.06. The molecular formula is C21H24O6. The molecule has 144 valence electrons. The highest BCUT2D eigenvalue weighted by Gasteiger charge is 2.21. The van der Waals surface area contributed by atoms with Crippen molar-refractivity contribution in [2.75, 3.05) is 28.4 Å². The van der Waals surface area contributed by atoms with E-state index < -0.39 is 5.97 Å². The van der Waals surface area contributed by atoms with Gasteiger partial charge >= 0.3 is 5.97 Å². The first-order valence-corrected chi connectivity index (χ1v) is 8.41. The molecular weight excluding hydrogens is 348 g/mol. The van der Waals surface area contributed by atoms with Crippen LogP contribution in [-0.4, -0.2) is 39.5 Å². The second kappa shape index (κ2) is 8.98. The summed E-state index contributed by atoms with van der Waals surface area (Å²) < 4.78 is 21.5. The summed E-state index contributed by atoms with van der Waals surface area (Å²) >= 11 is 0. The molecule has 0 amide bonds. The van der Waals surface area contributed by atoms with Gasteiger partial charge in [0.2, 0.25) is 0 Å². The van der Waals surface area contributed by atoms with Gasteiger partial charge < -0.3 is 24.1 Å².